The molecule has 0 aromatic heterocycles. The van der Waals surface area contributed by atoms with E-state index in [9.17, 15) is 43.2 Å². The van der Waals surface area contributed by atoms with Gasteiger partial charge in [0.25, 0.3) is 0 Å². The van der Waals surface area contributed by atoms with Crippen LogP contribution in [0.1, 0.15) is 374 Å². The van der Waals surface area contributed by atoms with Gasteiger partial charge in [-0.15, -0.1) is 0 Å². The van der Waals surface area contributed by atoms with Crippen molar-refractivity contribution in [1.29, 1.82) is 0 Å². The molecule has 0 radical (unpaired) electrons. The first-order valence-corrected chi connectivity index (χ1v) is 40.3. The van der Waals surface area contributed by atoms with Gasteiger partial charge in [0.2, 0.25) is 0 Å². The standard InChI is InChI=1S/C71H138O17P2/c1-5-9-13-17-21-25-28-30-32-34-37-40-44-48-52-56-69(74)82-62-67(87-70(75)57-53-49-45-41-36-27-23-19-15-11-7-3)64-86-90(79,80)84-60-65(72)59-83-89(77,78)85-63-66(61-81-68(73)55-51-47-43-39-24-20-16-12-8-4)88-71(76)58-54-50-46-42-38-35-33-31-29-26-22-18-14-10-6-2/h65-67,72H,5-64H2,1-4H3,(H,77,78)(H,79,80)/t65-,66-,67-/m1/s1. The summed E-state index contributed by atoms with van der Waals surface area (Å²) in [4.78, 5) is 72.5. The van der Waals surface area contributed by atoms with Crippen LogP contribution in [0, 0.1) is 0 Å². The largest absolute Gasteiger partial charge is 0.472 e. The quantitative estimate of drug-likeness (QED) is 0.0222. The van der Waals surface area contributed by atoms with E-state index < -0.39 is 97.5 Å². The maximum atomic E-state index is 13.0. The van der Waals surface area contributed by atoms with Gasteiger partial charge in [-0.1, -0.05) is 323 Å². The van der Waals surface area contributed by atoms with Gasteiger partial charge in [0.1, 0.15) is 19.3 Å². The molecule has 5 atom stereocenters. The number of hydrogen-bond donors (Lipinski definition) is 3. The minimum absolute atomic E-state index is 0.108. The lowest BCUT2D eigenvalue weighted by Gasteiger charge is -2.21. The highest BCUT2D eigenvalue weighted by Crippen LogP contribution is 2.45. The molecule has 0 aliphatic rings. The fourth-order valence-electron chi connectivity index (χ4n) is 10.9. The predicted molar refractivity (Wildman–Crippen MR) is 363 cm³/mol. The maximum absolute atomic E-state index is 13.0. The van der Waals surface area contributed by atoms with E-state index in [1.165, 1.54) is 205 Å². The molecule has 19 heteroatoms. The number of esters is 4. The van der Waals surface area contributed by atoms with Crippen molar-refractivity contribution in [3.8, 4) is 0 Å². The van der Waals surface area contributed by atoms with Crippen LogP contribution < -0.4 is 0 Å². The number of carbonyl (C=O) groups is 4. The molecule has 0 bridgehead atoms. The number of unbranched alkanes of at least 4 members (excludes halogenated alkanes) is 46. The zero-order valence-electron chi connectivity index (χ0n) is 58.1. The second-order valence-corrected chi connectivity index (χ2v) is 28.5. The van der Waals surface area contributed by atoms with E-state index in [1.54, 1.807) is 0 Å². The Morgan fingerprint density at radius 2 is 0.444 bits per heavy atom. The Morgan fingerprint density at radius 3 is 0.656 bits per heavy atom. The maximum Gasteiger partial charge on any atom is 0.472 e. The van der Waals surface area contributed by atoms with Crippen molar-refractivity contribution in [3.05, 3.63) is 0 Å². The van der Waals surface area contributed by atoms with Gasteiger partial charge in [-0.25, -0.2) is 9.13 Å². The Labute approximate surface area is 549 Å². The second kappa shape index (κ2) is 65.7. The fraction of sp³-hybridized carbons (Fsp3) is 0.944. The second-order valence-electron chi connectivity index (χ2n) is 25.6. The summed E-state index contributed by atoms with van der Waals surface area (Å²) < 4.78 is 68.3. The predicted octanol–water partition coefficient (Wildman–Crippen LogP) is 20.7. The molecule has 0 spiro atoms. The topological polar surface area (TPSA) is 237 Å². The van der Waals surface area contributed by atoms with E-state index in [1.807, 2.05) is 0 Å². The molecule has 90 heavy (non-hydrogen) atoms. The van der Waals surface area contributed by atoms with Gasteiger partial charge in [-0.3, -0.25) is 37.3 Å². The fourth-order valence-corrected chi connectivity index (χ4v) is 12.4. The SMILES string of the molecule is CCCCCCCCCCCCCCCCCC(=O)OC[C@H](COP(=O)(O)OC[C@H](O)COP(=O)(O)OC[C@@H](COC(=O)CCCCCCCCCCC)OC(=O)CCCCCCCCCCCCCCCCC)OC(=O)CCCCCCCCCCCCC. The Balaban J connectivity index is 5.20. The van der Waals surface area contributed by atoms with E-state index in [2.05, 4.69) is 27.7 Å². The summed E-state index contributed by atoms with van der Waals surface area (Å²) in [5.41, 5.74) is 0. The molecule has 0 fully saturated rings. The smallest absolute Gasteiger partial charge is 0.462 e. The molecular formula is C71H138O17P2. The van der Waals surface area contributed by atoms with Gasteiger partial charge >= 0.3 is 39.5 Å². The lowest BCUT2D eigenvalue weighted by Crippen LogP contribution is -2.30. The first-order chi connectivity index (χ1) is 43.7. The van der Waals surface area contributed by atoms with Crippen molar-refractivity contribution in [2.24, 2.45) is 0 Å². The third-order valence-electron chi connectivity index (χ3n) is 16.6. The van der Waals surface area contributed by atoms with Gasteiger partial charge in [0.15, 0.2) is 12.2 Å². The van der Waals surface area contributed by atoms with Crippen molar-refractivity contribution in [3.63, 3.8) is 0 Å². The molecule has 0 amide bonds. The molecule has 0 rings (SSSR count). The third-order valence-corrected chi connectivity index (χ3v) is 18.5. The Kier molecular flexibility index (Phi) is 64.3. The van der Waals surface area contributed by atoms with Gasteiger partial charge < -0.3 is 33.8 Å². The van der Waals surface area contributed by atoms with E-state index in [0.717, 1.165) is 89.9 Å². The number of rotatable bonds is 72. The zero-order chi connectivity index (χ0) is 66.1. The molecule has 0 heterocycles. The van der Waals surface area contributed by atoms with Crippen LogP contribution in [-0.2, 0) is 65.4 Å². The van der Waals surface area contributed by atoms with Crippen molar-refractivity contribution < 1.29 is 80.2 Å². The average Bonchev–Trinajstić information content (AvgIpc) is 3.72. The lowest BCUT2D eigenvalue weighted by atomic mass is 10.0. The number of phosphoric ester groups is 2. The van der Waals surface area contributed by atoms with Crippen LogP contribution >= 0.6 is 15.6 Å². The molecule has 0 aliphatic heterocycles. The summed E-state index contributed by atoms with van der Waals surface area (Å²) in [7, 11) is -9.90. The molecular weight excluding hydrogens is 1190 g/mol. The molecule has 0 aliphatic carbocycles. The van der Waals surface area contributed by atoms with E-state index in [0.29, 0.717) is 25.7 Å². The van der Waals surface area contributed by atoms with Gasteiger partial charge in [-0.05, 0) is 25.7 Å². The number of aliphatic hydroxyl groups is 1. The molecule has 0 aromatic rings. The summed E-state index contributed by atoms with van der Waals surface area (Å²) in [5.74, 6) is -2.12. The first kappa shape index (κ1) is 88.1. The van der Waals surface area contributed by atoms with Crippen LogP contribution in [0.15, 0.2) is 0 Å². The summed E-state index contributed by atoms with van der Waals surface area (Å²) in [6.45, 7) is 4.94. The normalized spacial score (nSPS) is 14.0. The van der Waals surface area contributed by atoms with E-state index >= 15 is 0 Å². The molecule has 0 aromatic carbocycles. The number of hydrogen-bond acceptors (Lipinski definition) is 15. The number of phosphoric acid groups is 2. The summed E-state index contributed by atoms with van der Waals surface area (Å²) >= 11 is 0. The Hall–Kier alpha value is -1.94. The average molecular weight is 1330 g/mol. The molecule has 17 nitrogen and oxygen atoms in total. The van der Waals surface area contributed by atoms with Crippen LogP contribution in [0.2, 0.25) is 0 Å². The van der Waals surface area contributed by atoms with Crippen molar-refractivity contribution in [2.75, 3.05) is 39.6 Å². The molecule has 534 valence electrons. The van der Waals surface area contributed by atoms with Crippen molar-refractivity contribution >= 4 is 39.5 Å². The lowest BCUT2D eigenvalue weighted by molar-refractivity contribution is -0.161. The number of ether oxygens (including phenoxy) is 4. The van der Waals surface area contributed by atoms with Gasteiger partial charge in [-0.2, -0.15) is 0 Å². The van der Waals surface area contributed by atoms with Crippen LogP contribution in [-0.4, -0.2) is 96.7 Å². The van der Waals surface area contributed by atoms with Gasteiger partial charge in [0.05, 0.1) is 26.4 Å². The third kappa shape index (κ3) is 64.8. The number of carbonyl (C=O) groups excluding carboxylic acids is 4. The molecule has 2 unspecified atom stereocenters. The van der Waals surface area contributed by atoms with Crippen LogP contribution in [0.4, 0.5) is 0 Å². The molecule has 0 saturated carbocycles. The summed E-state index contributed by atoms with van der Waals surface area (Å²) in [6.07, 6.45) is 53.9. The highest BCUT2D eigenvalue weighted by Gasteiger charge is 2.30. The molecule has 3 N–H and O–H groups in total. The zero-order valence-corrected chi connectivity index (χ0v) is 59.9. The van der Waals surface area contributed by atoms with Crippen LogP contribution in [0.3, 0.4) is 0 Å². The van der Waals surface area contributed by atoms with Crippen molar-refractivity contribution in [1.82, 2.24) is 0 Å². The van der Waals surface area contributed by atoms with Gasteiger partial charge in [0, 0.05) is 25.7 Å². The minimum atomic E-state index is -4.95. The first-order valence-electron chi connectivity index (χ1n) is 37.3. The summed E-state index contributed by atoms with van der Waals surface area (Å²) in [6, 6.07) is 0. The Bertz CT molecular complexity index is 1720. The monoisotopic (exact) mass is 1320 g/mol. The van der Waals surface area contributed by atoms with Crippen LogP contribution in [0.25, 0.3) is 0 Å². The van der Waals surface area contributed by atoms with Crippen LogP contribution in [0.5, 0.6) is 0 Å². The summed E-state index contributed by atoms with van der Waals surface area (Å²) in [5, 5.41) is 10.6. The van der Waals surface area contributed by atoms with E-state index in [-0.39, 0.29) is 25.7 Å². The Morgan fingerprint density at radius 1 is 0.267 bits per heavy atom. The van der Waals surface area contributed by atoms with Crippen molar-refractivity contribution in [2.45, 2.75) is 393 Å². The highest BCUT2D eigenvalue weighted by atomic mass is 31.2. The number of aliphatic hydroxyl groups excluding tert-OH is 1. The van der Waals surface area contributed by atoms with E-state index in [4.69, 9.17) is 37.0 Å². The highest BCUT2D eigenvalue weighted by molar-refractivity contribution is 7.47. The minimum Gasteiger partial charge on any atom is -0.462 e. The molecule has 0 saturated heterocycles.